The number of halogens is 2. The molecule has 4 nitrogen and oxygen atoms in total. The van der Waals surface area contributed by atoms with E-state index in [1.165, 1.54) is 4.57 Å². The highest BCUT2D eigenvalue weighted by Crippen LogP contribution is 2.45. The van der Waals surface area contributed by atoms with Gasteiger partial charge in [0, 0.05) is 16.6 Å². The fraction of sp³-hybridized carbons (Fsp3) is 0.333. The summed E-state index contributed by atoms with van der Waals surface area (Å²) in [4.78, 5) is 27.3. The minimum Gasteiger partial charge on any atom is -0.297 e. The van der Waals surface area contributed by atoms with E-state index in [4.69, 9.17) is 11.6 Å². The zero-order valence-corrected chi connectivity index (χ0v) is 13.8. The number of aromatic amines is 1. The molecular weight excluding hydrogens is 356 g/mol. The SMILES string of the molecule is CC1(Cn2c(=O)[nH]c(Cl)c(-c3ccccc3Br)c2=O)CC1. The molecule has 1 N–H and O–H groups in total. The summed E-state index contributed by atoms with van der Waals surface area (Å²) in [6, 6.07) is 7.32. The standard InChI is InChI=1S/C15H14BrClN2O2/c1-15(6-7-15)8-19-13(20)11(12(17)18-14(19)21)9-4-2-3-5-10(9)16/h2-5H,6-8H2,1H3,(H,18,21). The van der Waals surface area contributed by atoms with Gasteiger partial charge in [0.05, 0.1) is 5.56 Å². The van der Waals surface area contributed by atoms with Gasteiger partial charge in [-0.1, -0.05) is 52.7 Å². The highest BCUT2D eigenvalue weighted by atomic mass is 79.9. The third-order valence-electron chi connectivity index (χ3n) is 3.93. The monoisotopic (exact) mass is 368 g/mol. The van der Waals surface area contributed by atoms with Crippen LogP contribution < -0.4 is 11.2 Å². The minimum absolute atomic E-state index is 0.0514. The Morgan fingerprint density at radius 2 is 2.00 bits per heavy atom. The number of nitrogens with one attached hydrogen (secondary N) is 1. The van der Waals surface area contributed by atoms with Gasteiger partial charge < -0.3 is 0 Å². The first-order valence-corrected chi connectivity index (χ1v) is 7.86. The summed E-state index contributed by atoms with van der Waals surface area (Å²) in [5.41, 5.74) is 0.264. The molecule has 0 saturated heterocycles. The van der Waals surface area contributed by atoms with E-state index in [-0.39, 0.29) is 16.1 Å². The molecule has 0 atom stereocenters. The molecule has 6 heteroatoms. The first-order chi connectivity index (χ1) is 9.91. The number of rotatable bonds is 3. The average molecular weight is 370 g/mol. The van der Waals surface area contributed by atoms with Crippen molar-refractivity contribution in [3.8, 4) is 11.1 Å². The molecule has 1 aliphatic rings. The van der Waals surface area contributed by atoms with E-state index in [0.717, 1.165) is 17.3 Å². The van der Waals surface area contributed by atoms with Crippen LogP contribution in [0.4, 0.5) is 0 Å². The molecule has 0 bridgehead atoms. The molecule has 110 valence electrons. The Kier molecular flexibility index (Phi) is 3.58. The Labute approximate surface area is 134 Å². The van der Waals surface area contributed by atoms with Gasteiger partial charge in [-0.3, -0.25) is 14.3 Å². The second-order valence-corrected chi connectivity index (χ2v) is 7.03. The van der Waals surface area contributed by atoms with Crippen LogP contribution in [0.25, 0.3) is 11.1 Å². The molecule has 1 aromatic heterocycles. The number of hydrogen-bond donors (Lipinski definition) is 1. The summed E-state index contributed by atoms with van der Waals surface area (Å²) >= 11 is 9.53. The van der Waals surface area contributed by atoms with E-state index < -0.39 is 5.69 Å². The van der Waals surface area contributed by atoms with Gasteiger partial charge in [-0.2, -0.15) is 0 Å². The van der Waals surface area contributed by atoms with Crippen molar-refractivity contribution >= 4 is 27.5 Å². The van der Waals surface area contributed by atoms with Gasteiger partial charge in [-0.25, -0.2) is 4.79 Å². The summed E-state index contributed by atoms with van der Waals surface area (Å²) in [6.07, 6.45) is 2.07. The Morgan fingerprint density at radius 1 is 1.33 bits per heavy atom. The maximum absolute atomic E-state index is 12.7. The van der Waals surface area contributed by atoms with Crippen molar-refractivity contribution in [2.75, 3.05) is 0 Å². The zero-order valence-electron chi connectivity index (χ0n) is 11.5. The second kappa shape index (κ2) is 5.14. The third kappa shape index (κ3) is 2.72. The van der Waals surface area contributed by atoms with E-state index in [2.05, 4.69) is 27.8 Å². The average Bonchev–Trinajstić information content (AvgIpc) is 3.15. The van der Waals surface area contributed by atoms with Crippen LogP contribution in [0, 0.1) is 5.41 Å². The maximum Gasteiger partial charge on any atom is 0.329 e. The van der Waals surface area contributed by atoms with E-state index in [0.29, 0.717) is 17.7 Å². The quantitative estimate of drug-likeness (QED) is 0.843. The third-order valence-corrected chi connectivity index (χ3v) is 4.90. The Bertz CT molecular complexity index is 821. The van der Waals surface area contributed by atoms with Gasteiger partial charge in [-0.05, 0) is 24.3 Å². The Hall–Kier alpha value is -1.33. The predicted octanol–water partition coefficient (Wildman–Crippen LogP) is 3.42. The van der Waals surface area contributed by atoms with Crippen LogP contribution in [0.1, 0.15) is 19.8 Å². The molecule has 0 amide bonds. The molecule has 0 radical (unpaired) electrons. The lowest BCUT2D eigenvalue weighted by atomic mass is 10.1. The van der Waals surface area contributed by atoms with Gasteiger partial charge in [0.25, 0.3) is 5.56 Å². The van der Waals surface area contributed by atoms with Gasteiger partial charge >= 0.3 is 5.69 Å². The summed E-state index contributed by atoms with van der Waals surface area (Å²) in [6.45, 7) is 2.50. The summed E-state index contributed by atoms with van der Waals surface area (Å²) < 4.78 is 2.02. The van der Waals surface area contributed by atoms with Crippen molar-refractivity contribution in [1.29, 1.82) is 0 Å². The molecule has 0 spiro atoms. The molecule has 21 heavy (non-hydrogen) atoms. The molecule has 2 aromatic rings. The first kappa shape index (κ1) is 14.6. The van der Waals surface area contributed by atoms with E-state index >= 15 is 0 Å². The van der Waals surface area contributed by atoms with Crippen LogP contribution in [-0.4, -0.2) is 9.55 Å². The summed E-state index contributed by atoms with van der Waals surface area (Å²) in [5, 5.41) is 0.0779. The maximum atomic E-state index is 12.7. The Balaban J connectivity index is 2.22. The van der Waals surface area contributed by atoms with Crippen LogP contribution in [0.3, 0.4) is 0 Å². The molecule has 1 aromatic carbocycles. The van der Waals surface area contributed by atoms with Crippen molar-refractivity contribution in [3.63, 3.8) is 0 Å². The van der Waals surface area contributed by atoms with Crippen LogP contribution in [0.15, 0.2) is 38.3 Å². The largest absolute Gasteiger partial charge is 0.329 e. The fourth-order valence-electron chi connectivity index (χ4n) is 2.34. The molecule has 1 heterocycles. The lowest BCUT2D eigenvalue weighted by molar-refractivity contribution is 0.441. The van der Waals surface area contributed by atoms with Crippen LogP contribution in [-0.2, 0) is 6.54 Å². The van der Waals surface area contributed by atoms with Gasteiger partial charge in [0.15, 0.2) is 0 Å². The van der Waals surface area contributed by atoms with Crippen LogP contribution in [0.2, 0.25) is 5.15 Å². The highest BCUT2D eigenvalue weighted by molar-refractivity contribution is 9.10. The van der Waals surface area contributed by atoms with Crippen molar-refractivity contribution < 1.29 is 0 Å². The number of hydrogen-bond acceptors (Lipinski definition) is 2. The van der Waals surface area contributed by atoms with Crippen LogP contribution >= 0.6 is 27.5 Å². The fourth-order valence-corrected chi connectivity index (χ4v) is 3.09. The summed E-state index contributed by atoms with van der Waals surface area (Å²) in [7, 11) is 0. The number of nitrogens with zero attached hydrogens (tertiary/aromatic N) is 1. The van der Waals surface area contributed by atoms with Crippen molar-refractivity contribution in [2.24, 2.45) is 5.41 Å². The second-order valence-electron chi connectivity index (χ2n) is 5.80. The van der Waals surface area contributed by atoms with Gasteiger partial charge in [-0.15, -0.1) is 0 Å². The predicted molar refractivity (Wildman–Crippen MR) is 86.8 cm³/mol. The number of aromatic nitrogens is 2. The molecule has 1 fully saturated rings. The van der Waals surface area contributed by atoms with Gasteiger partial charge in [0.1, 0.15) is 5.15 Å². The number of H-pyrrole nitrogens is 1. The van der Waals surface area contributed by atoms with Crippen molar-refractivity contribution in [3.05, 3.63) is 54.7 Å². The highest BCUT2D eigenvalue weighted by Gasteiger charge is 2.38. The summed E-state index contributed by atoms with van der Waals surface area (Å²) in [5.74, 6) is 0. The van der Waals surface area contributed by atoms with E-state index in [1.54, 1.807) is 6.07 Å². The lowest BCUT2D eigenvalue weighted by Gasteiger charge is -2.13. The van der Waals surface area contributed by atoms with Gasteiger partial charge in [0.2, 0.25) is 0 Å². The van der Waals surface area contributed by atoms with E-state index in [1.807, 2.05) is 18.2 Å². The van der Waals surface area contributed by atoms with Crippen molar-refractivity contribution in [2.45, 2.75) is 26.3 Å². The van der Waals surface area contributed by atoms with Crippen molar-refractivity contribution in [1.82, 2.24) is 9.55 Å². The molecule has 0 aliphatic heterocycles. The molecule has 3 rings (SSSR count). The topological polar surface area (TPSA) is 54.9 Å². The Morgan fingerprint density at radius 3 is 2.62 bits per heavy atom. The van der Waals surface area contributed by atoms with E-state index in [9.17, 15) is 9.59 Å². The molecule has 0 unspecified atom stereocenters. The minimum atomic E-state index is -0.450. The molecule has 1 aliphatic carbocycles. The smallest absolute Gasteiger partial charge is 0.297 e. The molecular formula is C15H14BrClN2O2. The first-order valence-electron chi connectivity index (χ1n) is 6.69. The normalized spacial score (nSPS) is 16.0. The zero-order chi connectivity index (χ0) is 15.2. The number of benzene rings is 1. The van der Waals surface area contributed by atoms with Crippen LogP contribution in [0.5, 0.6) is 0 Å². The molecule has 1 saturated carbocycles. The lowest BCUT2D eigenvalue weighted by Crippen LogP contribution is -2.38.